The third-order valence-electron chi connectivity index (χ3n) is 3.92. The van der Waals surface area contributed by atoms with E-state index in [1.165, 1.54) is 18.2 Å². The Morgan fingerprint density at radius 2 is 1.72 bits per heavy atom. The van der Waals surface area contributed by atoms with E-state index in [-0.39, 0.29) is 31.7 Å². The molecule has 4 aromatic rings. The van der Waals surface area contributed by atoms with E-state index in [1.807, 2.05) is 0 Å². The lowest BCUT2D eigenvalue weighted by Crippen LogP contribution is -2.11. The average molecular weight is 448 g/mol. The maximum absolute atomic E-state index is 13.5. The van der Waals surface area contributed by atoms with Crippen LogP contribution in [0.15, 0.2) is 35.4 Å². The van der Waals surface area contributed by atoms with Crippen LogP contribution in [-0.2, 0) is 12.4 Å². The first-order valence-corrected chi connectivity index (χ1v) is 9.96. The quantitative estimate of drug-likeness (QED) is 0.278. The smallest absolute Gasteiger partial charge is 0.282 e. The van der Waals surface area contributed by atoms with E-state index in [1.54, 1.807) is 6.92 Å². The first kappa shape index (κ1) is 20.0. The molecule has 29 heavy (non-hydrogen) atoms. The van der Waals surface area contributed by atoms with Gasteiger partial charge in [-0.25, -0.2) is 15.0 Å². The summed E-state index contributed by atoms with van der Waals surface area (Å²) < 4.78 is 80.2. The fraction of sp³-hybridized carbons (Fsp3) is 0.235. The number of halogens is 6. The Bertz CT molecular complexity index is 1210. The number of hydrogen-bond acceptors (Lipinski definition) is 5. The minimum atomic E-state index is -4.60. The first-order valence-electron chi connectivity index (χ1n) is 8.16. The van der Waals surface area contributed by atoms with Crippen LogP contribution in [0.1, 0.15) is 18.3 Å². The second-order valence-corrected chi connectivity index (χ2v) is 8.07. The summed E-state index contributed by atoms with van der Waals surface area (Å²) in [5, 5.41) is 0.435. The fourth-order valence-corrected chi connectivity index (χ4v) is 4.64. The Labute approximate surface area is 167 Å². The molecule has 0 unspecified atom stereocenters. The van der Waals surface area contributed by atoms with Crippen molar-refractivity contribution in [2.24, 2.45) is 0 Å². The van der Waals surface area contributed by atoms with Gasteiger partial charge in [-0.2, -0.15) is 26.3 Å². The summed E-state index contributed by atoms with van der Waals surface area (Å²) in [7, 11) is 0. The van der Waals surface area contributed by atoms with Crippen LogP contribution in [0.4, 0.5) is 26.3 Å². The van der Waals surface area contributed by atoms with Gasteiger partial charge in [-0.15, -0.1) is 11.8 Å². The second kappa shape index (κ2) is 6.87. The van der Waals surface area contributed by atoms with Crippen molar-refractivity contribution in [2.75, 3.05) is 5.75 Å². The van der Waals surface area contributed by atoms with E-state index in [0.29, 0.717) is 5.75 Å². The zero-order chi connectivity index (χ0) is 21.0. The molecule has 0 atom stereocenters. The van der Waals surface area contributed by atoms with E-state index in [9.17, 15) is 26.3 Å². The van der Waals surface area contributed by atoms with Crippen LogP contribution >= 0.6 is 23.1 Å². The lowest BCUT2D eigenvalue weighted by Gasteiger charge is -2.11. The number of imidazole rings is 1. The van der Waals surface area contributed by atoms with Crippen molar-refractivity contribution in [3.05, 3.63) is 41.7 Å². The van der Waals surface area contributed by atoms with Gasteiger partial charge in [-0.05, 0) is 30.0 Å². The Morgan fingerprint density at radius 3 is 2.38 bits per heavy atom. The van der Waals surface area contributed by atoms with E-state index in [2.05, 4.69) is 15.0 Å². The molecule has 0 amide bonds. The predicted octanol–water partition coefficient (Wildman–Crippen LogP) is 6.16. The minimum Gasteiger partial charge on any atom is -0.282 e. The minimum absolute atomic E-state index is 0.0374. The van der Waals surface area contributed by atoms with Crippen LogP contribution in [0.2, 0.25) is 0 Å². The van der Waals surface area contributed by atoms with Crippen molar-refractivity contribution < 1.29 is 26.3 Å². The van der Waals surface area contributed by atoms with E-state index >= 15 is 0 Å². The molecular weight excluding hydrogens is 438 g/mol. The highest BCUT2D eigenvalue weighted by Gasteiger charge is 2.36. The van der Waals surface area contributed by atoms with Crippen molar-refractivity contribution >= 4 is 39.1 Å². The van der Waals surface area contributed by atoms with Gasteiger partial charge in [0.05, 0.1) is 0 Å². The van der Waals surface area contributed by atoms with E-state index in [0.717, 1.165) is 39.6 Å². The SMILES string of the molecule is CCSc1c(-c2nc3ccc(C(F)(F)F)nc3s2)nc2cccc(C(F)(F)F)n12. The van der Waals surface area contributed by atoms with Crippen molar-refractivity contribution in [1.29, 1.82) is 0 Å². The molecule has 152 valence electrons. The Morgan fingerprint density at radius 1 is 0.966 bits per heavy atom. The van der Waals surface area contributed by atoms with Gasteiger partial charge in [0.1, 0.15) is 43.1 Å². The molecule has 0 aliphatic heterocycles. The van der Waals surface area contributed by atoms with Crippen molar-refractivity contribution in [1.82, 2.24) is 19.4 Å². The Hall–Kier alpha value is -2.34. The molecule has 0 aromatic carbocycles. The molecule has 0 saturated heterocycles. The Balaban J connectivity index is 1.95. The topological polar surface area (TPSA) is 43.1 Å². The molecule has 4 aromatic heterocycles. The van der Waals surface area contributed by atoms with Crippen LogP contribution < -0.4 is 0 Å². The van der Waals surface area contributed by atoms with E-state index in [4.69, 9.17) is 0 Å². The molecule has 0 spiro atoms. The predicted molar refractivity (Wildman–Crippen MR) is 98.0 cm³/mol. The van der Waals surface area contributed by atoms with Gasteiger partial charge in [0.25, 0.3) is 0 Å². The third kappa shape index (κ3) is 3.54. The monoisotopic (exact) mass is 448 g/mol. The summed E-state index contributed by atoms with van der Waals surface area (Å²) in [6.07, 6.45) is -9.20. The molecule has 12 heteroatoms. The maximum atomic E-state index is 13.5. The van der Waals surface area contributed by atoms with Gasteiger partial charge in [0.15, 0.2) is 0 Å². The number of thiazole rings is 1. The normalized spacial score (nSPS) is 12.9. The number of pyridine rings is 2. The number of aromatic nitrogens is 4. The molecule has 0 fully saturated rings. The first-order chi connectivity index (χ1) is 13.6. The summed E-state index contributed by atoms with van der Waals surface area (Å²) in [5.41, 5.74) is -1.46. The van der Waals surface area contributed by atoms with Crippen molar-refractivity contribution in [3.63, 3.8) is 0 Å². The van der Waals surface area contributed by atoms with E-state index < -0.39 is 23.7 Å². The number of nitrogens with zero attached hydrogens (tertiary/aromatic N) is 4. The molecule has 0 N–H and O–H groups in total. The zero-order valence-electron chi connectivity index (χ0n) is 14.5. The lowest BCUT2D eigenvalue weighted by molar-refractivity contribution is -0.142. The van der Waals surface area contributed by atoms with Gasteiger partial charge in [-0.3, -0.25) is 4.40 Å². The summed E-state index contributed by atoms with van der Waals surface area (Å²) in [5.74, 6) is 0.467. The molecule has 0 aliphatic rings. The van der Waals surface area contributed by atoms with Crippen LogP contribution in [0.3, 0.4) is 0 Å². The van der Waals surface area contributed by atoms with Gasteiger partial charge in [-0.1, -0.05) is 24.3 Å². The molecule has 0 saturated carbocycles. The summed E-state index contributed by atoms with van der Waals surface area (Å²) in [6.45, 7) is 1.78. The van der Waals surface area contributed by atoms with Gasteiger partial charge in [0.2, 0.25) is 0 Å². The lowest BCUT2D eigenvalue weighted by atomic mass is 10.3. The highest BCUT2D eigenvalue weighted by atomic mass is 32.2. The third-order valence-corrected chi connectivity index (χ3v) is 5.83. The largest absolute Gasteiger partial charge is 0.433 e. The van der Waals surface area contributed by atoms with Gasteiger partial charge >= 0.3 is 12.4 Å². The Kier molecular flexibility index (Phi) is 4.73. The van der Waals surface area contributed by atoms with Crippen LogP contribution in [0, 0.1) is 0 Å². The molecular formula is C17H10F6N4S2. The zero-order valence-corrected chi connectivity index (χ0v) is 16.1. The number of hydrogen-bond donors (Lipinski definition) is 0. The molecule has 0 bridgehead atoms. The van der Waals surface area contributed by atoms with Crippen LogP contribution in [-0.4, -0.2) is 25.1 Å². The standard InChI is InChI=1S/C17H10F6N4S2/c1-2-28-15-12(26-11-5-3-4-10(27(11)15)17(21,22)23)14-24-8-6-7-9(16(18,19)20)25-13(8)29-14/h3-7H,2H2,1H3. The van der Waals surface area contributed by atoms with Crippen LogP contribution in [0.25, 0.3) is 26.7 Å². The summed E-state index contributed by atoms with van der Waals surface area (Å²) in [4.78, 5) is 12.2. The van der Waals surface area contributed by atoms with Gasteiger partial charge < -0.3 is 0 Å². The summed E-state index contributed by atoms with van der Waals surface area (Å²) >= 11 is 2.00. The fourth-order valence-electron chi connectivity index (χ4n) is 2.77. The number of rotatable bonds is 3. The average Bonchev–Trinajstić information content (AvgIpc) is 3.21. The van der Waals surface area contributed by atoms with Crippen LogP contribution in [0.5, 0.6) is 0 Å². The van der Waals surface area contributed by atoms with Crippen molar-refractivity contribution in [3.8, 4) is 10.7 Å². The van der Waals surface area contributed by atoms with Crippen molar-refractivity contribution in [2.45, 2.75) is 24.3 Å². The number of alkyl halides is 6. The molecule has 0 aliphatic carbocycles. The molecule has 4 rings (SSSR count). The number of fused-ring (bicyclic) bond motifs is 2. The van der Waals surface area contributed by atoms with Gasteiger partial charge in [0, 0.05) is 0 Å². The second-order valence-electron chi connectivity index (χ2n) is 5.84. The maximum Gasteiger partial charge on any atom is 0.433 e. The highest BCUT2D eigenvalue weighted by molar-refractivity contribution is 7.99. The number of thioether (sulfide) groups is 1. The molecule has 4 nitrogen and oxygen atoms in total. The molecule has 4 heterocycles. The summed E-state index contributed by atoms with van der Waals surface area (Å²) in [6, 6.07) is 5.65. The highest BCUT2D eigenvalue weighted by Crippen LogP contribution is 2.40. The molecule has 0 radical (unpaired) electrons.